The molecule has 37 heavy (non-hydrogen) atoms. The molecule has 1 aliphatic heterocycles. The van der Waals surface area contributed by atoms with Crippen molar-refractivity contribution < 1.29 is 14.6 Å². The summed E-state index contributed by atoms with van der Waals surface area (Å²) in [5.41, 5.74) is 5.94. The topological polar surface area (TPSA) is 73.1 Å². The first-order valence-electron chi connectivity index (χ1n) is 11.8. The Balaban J connectivity index is 1.61. The highest BCUT2D eigenvalue weighted by molar-refractivity contribution is 7.07. The van der Waals surface area contributed by atoms with Gasteiger partial charge in [0.15, 0.2) is 16.3 Å². The van der Waals surface area contributed by atoms with E-state index in [1.807, 2.05) is 30.3 Å². The third kappa shape index (κ3) is 3.95. The monoisotopic (exact) mass is 530 g/mol. The van der Waals surface area contributed by atoms with Crippen LogP contribution in [0.2, 0.25) is 5.02 Å². The minimum atomic E-state index is -0.296. The maximum atomic E-state index is 13.9. The van der Waals surface area contributed by atoms with Crippen molar-refractivity contribution in [3.05, 3.63) is 113 Å². The number of aryl methyl sites for hydroxylation is 1. The van der Waals surface area contributed by atoms with Crippen LogP contribution in [0.4, 0.5) is 0 Å². The quantitative estimate of drug-likeness (QED) is 0.415. The van der Waals surface area contributed by atoms with Gasteiger partial charge >= 0.3 is 0 Å². The van der Waals surface area contributed by atoms with E-state index in [0.717, 1.165) is 41.0 Å². The number of phenolic OH excluding ortho intramolecular Hbond substituents is 1. The minimum absolute atomic E-state index is 0.132. The van der Waals surface area contributed by atoms with E-state index >= 15 is 0 Å². The Morgan fingerprint density at radius 2 is 1.92 bits per heavy atom. The summed E-state index contributed by atoms with van der Waals surface area (Å²) in [6.07, 6.45) is 3.46. The number of allylic oxidation sites excluding steroid dienone is 1. The molecule has 0 unspecified atom stereocenters. The lowest BCUT2D eigenvalue weighted by molar-refractivity contribution is 0.373. The number of rotatable bonds is 4. The predicted octanol–water partition coefficient (Wildman–Crippen LogP) is 4.69. The van der Waals surface area contributed by atoms with E-state index in [0.29, 0.717) is 14.9 Å². The van der Waals surface area contributed by atoms with Crippen molar-refractivity contribution in [1.82, 2.24) is 4.57 Å². The summed E-state index contributed by atoms with van der Waals surface area (Å²) in [4.78, 5) is 19.6. The third-order valence-corrected chi connectivity index (χ3v) is 8.12. The number of aromatic hydroxyl groups is 1. The average Bonchev–Trinajstić information content (AvgIpc) is 3.23. The molecule has 0 amide bonds. The number of fused-ring (bicyclic) bond motifs is 3. The Hall–Kier alpha value is -3.81. The standard InChI is InChI=1S/C29H23ClN2O4S/c1-35-19-8-5-7-18(15-19)26-21-11-10-17-6-3-4-9-20(17)25(21)31-29-32(26)28(34)24(37-29)14-16-12-22(30)27(33)23(13-16)36-2/h3-9,12-15,26,33H,10-11H2,1-2H3/b24-14+/t26-/m1/s1. The van der Waals surface area contributed by atoms with E-state index in [1.54, 1.807) is 29.9 Å². The fraction of sp³-hybridized carbons (Fsp3) is 0.172. The van der Waals surface area contributed by atoms with Crippen molar-refractivity contribution in [2.45, 2.75) is 18.9 Å². The second-order valence-electron chi connectivity index (χ2n) is 8.94. The summed E-state index contributed by atoms with van der Waals surface area (Å²) < 4.78 is 13.1. The lowest BCUT2D eigenvalue weighted by atomic mass is 9.83. The fourth-order valence-corrected chi connectivity index (χ4v) is 6.34. The molecule has 1 atom stereocenters. The van der Waals surface area contributed by atoms with Crippen LogP contribution in [0.25, 0.3) is 11.8 Å². The maximum absolute atomic E-state index is 13.9. The maximum Gasteiger partial charge on any atom is 0.271 e. The molecule has 1 aromatic heterocycles. The molecule has 0 bridgehead atoms. The molecule has 8 heteroatoms. The van der Waals surface area contributed by atoms with Crippen LogP contribution < -0.4 is 24.4 Å². The normalized spacial score (nSPS) is 16.5. The minimum Gasteiger partial charge on any atom is -0.503 e. The first kappa shape index (κ1) is 23.6. The number of hydrogen-bond acceptors (Lipinski definition) is 6. The van der Waals surface area contributed by atoms with Gasteiger partial charge in [0.25, 0.3) is 5.56 Å². The molecule has 2 aliphatic rings. The van der Waals surface area contributed by atoms with Crippen LogP contribution in [-0.2, 0) is 6.42 Å². The van der Waals surface area contributed by atoms with E-state index in [2.05, 4.69) is 18.2 Å². The summed E-state index contributed by atoms with van der Waals surface area (Å²) in [5.74, 6) is 0.848. The van der Waals surface area contributed by atoms with E-state index in [1.165, 1.54) is 24.0 Å². The van der Waals surface area contributed by atoms with Crippen LogP contribution in [0.1, 0.15) is 34.7 Å². The highest BCUT2D eigenvalue weighted by atomic mass is 35.5. The number of phenols is 1. The van der Waals surface area contributed by atoms with E-state index in [-0.39, 0.29) is 28.1 Å². The Bertz CT molecular complexity index is 1770. The number of thiazole rings is 1. The fourth-order valence-electron chi connectivity index (χ4n) is 5.12. The molecule has 0 spiro atoms. The zero-order valence-electron chi connectivity index (χ0n) is 20.2. The molecular formula is C29H23ClN2O4S. The van der Waals surface area contributed by atoms with Gasteiger partial charge in [0.2, 0.25) is 0 Å². The highest BCUT2D eigenvalue weighted by Gasteiger charge is 2.32. The van der Waals surface area contributed by atoms with Gasteiger partial charge in [0.1, 0.15) is 5.75 Å². The smallest absolute Gasteiger partial charge is 0.271 e. The van der Waals surface area contributed by atoms with Gasteiger partial charge in [-0.25, -0.2) is 4.99 Å². The lowest BCUT2D eigenvalue weighted by Gasteiger charge is -2.31. The Kier molecular flexibility index (Phi) is 5.89. The summed E-state index contributed by atoms with van der Waals surface area (Å²) >= 11 is 7.54. The van der Waals surface area contributed by atoms with Crippen molar-refractivity contribution in [1.29, 1.82) is 0 Å². The number of methoxy groups -OCH3 is 2. The zero-order valence-corrected chi connectivity index (χ0v) is 21.8. The van der Waals surface area contributed by atoms with E-state index in [9.17, 15) is 9.90 Å². The second kappa shape index (κ2) is 9.25. The molecule has 186 valence electrons. The van der Waals surface area contributed by atoms with Crippen molar-refractivity contribution in [2.75, 3.05) is 14.2 Å². The first-order chi connectivity index (χ1) is 18.0. The number of halogens is 1. The highest BCUT2D eigenvalue weighted by Crippen LogP contribution is 2.41. The molecule has 4 aromatic rings. The van der Waals surface area contributed by atoms with E-state index < -0.39 is 0 Å². The van der Waals surface area contributed by atoms with Crippen molar-refractivity contribution in [3.63, 3.8) is 0 Å². The molecule has 2 heterocycles. The Morgan fingerprint density at radius 3 is 2.73 bits per heavy atom. The van der Waals surface area contributed by atoms with Gasteiger partial charge in [0, 0.05) is 5.56 Å². The summed E-state index contributed by atoms with van der Waals surface area (Å²) in [6.45, 7) is 0. The SMILES string of the molecule is COc1cccc([C@@H]2C3=C(N=c4s/c(=C/c5cc(Cl)c(O)c(OC)c5)c(=O)n42)c2ccccc2CC3)c1. The van der Waals surface area contributed by atoms with Crippen LogP contribution >= 0.6 is 22.9 Å². The van der Waals surface area contributed by atoms with E-state index in [4.69, 9.17) is 26.1 Å². The molecule has 0 radical (unpaired) electrons. The summed E-state index contributed by atoms with van der Waals surface area (Å²) in [7, 11) is 3.10. The molecule has 0 saturated carbocycles. The van der Waals surface area contributed by atoms with Gasteiger partial charge in [-0.1, -0.05) is 59.3 Å². The predicted molar refractivity (Wildman–Crippen MR) is 145 cm³/mol. The number of benzene rings is 3. The largest absolute Gasteiger partial charge is 0.503 e. The molecule has 1 N–H and O–H groups in total. The summed E-state index contributed by atoms with van der Waals surface area (Å²) in [5, 5.41) is 10.3. The number of hydrogen-bond donors (Lipinski definition) is 1. The van der Waals surface area contributed by atoms with Crippen LogP contribution in [-0.4, -0.2) is 23.9 Å². The number of ether oxygens (including phenoxy) is 2. The number of nitrogens with zero attached hydrogens (tertiary/aromatic N) is 2. The van der Waals surface area contributed by atoms with Gasteiger partial charge in [-0.15, -0.1) is 0 Å². The van der Waals surface area contributed by atoms with Crippen LogP contribution in [0.5, 0.6) is 17.2 Å². The second-order valence-corrected chi connectivity index (χ2v) is 10.4. The molecule has 0 saturated heterocycles. The van der Waals surface area contributed by atoms with Crippen molar-refractivity contribution in [2.24, 2.45) is 4.99 Å². The molecular weight excluding hydrogens is 508 g/mol. The third-order valence-electron chi connectivity index (χ3n) is 6.85. The van der Waals surface area contributed by atoms with Crippen molar-refractivity contribution in [3.8, 4) is 17.2 Å². The molecule has 0 fully saturated rings. The zero-order chi connectivity index (χ0) is 25.7. The van der Waals surface area contributed by atoms with Crippen LogP contribution in [0.15, 0.2) is 76.0 Å². The molecule has 6 nitrogen and oxygen atoms in total. The molecule has 3 aromatic carbocycles. The van der Waals surface area contributed by atoms with Gasteiger partial charge in [0.05, 0.1) is 35.5 Å². The Morgan fingerprint density at radius 1 is 1.08 bits per heavy atom. The van der Waals surface area contributed by atoms with Gasteiger partial charge < -0.3 is 14.6 Å². The lowest BCUT2D eigenvalue weighted by Crippen LogP contribution is -2.38. The van der Waals surface area contributed by atoms with Gasteiger partial charge in [-0.05, 0) is 65.4 Å². The first-order valence-corrected chi connectivity index (χ1v) is 13.0. The molecule has 6 rings (SSSR count). The van der Waals surface area contributed by atoms with Gasteiger partial charge in [-0.3, -0.25) is 9.36 Å². The summed E-state index contributed by atoms with van der Waals surface area (Å²) in [6, 6.07) is 19.2. The number of aromatic nitrogens is 1. The molecule has 1 aliphatic carbocycles. The average molecular weight is 531 g/mol. The van der Waals surface area contributed by atoms with Gasteiger partial charge in [-0.2, -0.15) is 0 Å². The van der Waals surface area contributed by atoms with Crippen molar-refractivity contribution >= 4 is 34.7 Å². The van der Waals surface area contributed by atoms with Crippen LogP contribution in [0.3, 0.4) is 0 Å². The Labute approximate surface area is 222 Å². The van der Waals surface area contributed by atoms with Crippen LogP contribution in [0, 0.1) is 0 Å².